The predicted molar refractivity (Wildman–Crippen MR) is 76.0 cm³/mol. The number of hydrogen-bond donors (Lipinski definition) is 0. The normalized spacial score (nSPS) is 30.6. The minimum atomic E-state index is 0.231. The Morgan fingerprint density at radius 2 is 1.74 bits per heavy atom. The van der Waals surface area contributed by atoms with E-state index < -0.39 is 0 Å². The van der Waals surface area contributed by atoms with Crippen molar-refractivity contribution in [3.05, 3.63) is 0 Å². The van der Waals surface area contributed by atoms with E-state index in [9.17, 15) is 4.79 Å². The molecule has 4 nitrogen and oxygen atoms in total. The number of piperidine rings is 1. The first kappa shape index (κ1) is 14.8. The van der Waals surface area contributed by atoms with Crippen LogP contribution in [0.1, 0.15) is 40.0 Å². The van der Waals surface area contributed by atoms with E-state index in [4.69, 9.17) is 4.74 Å². The molecule has 2 atom stereocenters. The molecular formula is C15H28N2O2. The van der Waals surface area contributed by atoms with Crippen LogP contribution < -0.4 is 0 Å². The van der Waals surface area contributed by atoms with E-state index in [1.165, 1.54) is 25.8 Å². The molecule has 19 heavy (non-hydrogen) atoms. The molecule has 0 aromatic rings. The molecule has 0 radical (unpaired) electrons. The van der Waals surface area contributed by atoms with Crippen LogP contribution >= 0.6 is 0 Å². The first-order valence-corrected chi connectivity index (χ1v) is 7.68. The van der Waals surface area contributed by atoms with Gasteiger partial charge in [0.2, 0.25) is 5.91 Å². The summed E-state index contributed by atoms with van der Waals surface area (Å²) in [5.74, 6) is 1.03. The predicted octanol–water partition coefficient (Wildman–Crippen LogP) is 1.74. The van der Waals surface area contributed by atoms with Gasteiger partial charge >= 0.3 is 0 Å². The summed E-state index contributed by atoms with van der Waals surface area (Å²) in [6.07, 6.45) is 4.35. The van der Waals surface area contributed by atoms with Gasteiger partial charge in [0.15, 0.2) is 0 Å². The highest BCUT2D eigenvalue weighted by molar-refractivity contribution is 5.73. The Balaban J connectivity index is 1.67. The Morgan fingerprint density at radius 3 is 2.26 bits per heavy atom. The van der Waals surface area contributed by atoms with E-state index in [0.717, 1.165) is 32.1 Å². The fourth-order valence-electron chi connectivity index (χ4n) is 3.37. The first-order valence-electron chi connectivity index (χ1n) is 7.68. The molecule has 2 rings (SSSR count). The Labute approximate surface area is 117 Å². The van der Waals surface area contributed by atoms with Crippen LogP contribution in [0.25, 0.3) is 0 Å². The van der Waals surface area contributed by atoms with Crippen LogP contribution in [0.2, 0.25) is 0 Å². The van der Waals surface area contributed by atoms with Crippen LogP contribution in [0.5, 0.6) is 0 Å². The molecular weight excluding hydrogens is 240 g/mol. The van der Waals surface area contributed by atoms with E-state index in [1.54, 1.807) is 6.92 Å². The van der Waals surface area contributed by atoms with Crippen molar-refractivity contribution >= 4 is 5.91 Å². The molecule has 2 saturated heterocycles. The molecule has 2 aliphatic rings. The summed E-state index contributed by atoms with van der Waals surface area (Å²) >= 11 is 0. The number of carbonyl (C=O) groups is 1. The summed E-state index contributed by atoms with van der Waals surface area (Å²) in [7, 11) is 0. The zero-order valence-corrected chi connectivity index (χ0v) is 12.6. The summed E-state index contributed by atoms with van der Waals surface area (Å²) in [5, 5.41) is 0. The monoisotopic (exact) mass is 268 g/mol. The fourth-order valence-corrected chi connectivity index (χ4v) is 3.37. The summed E-state index contributed by atoms with van der Waals surface area (Å²) in [6, 6.07) is 0. The van der Waals surface area contributed by atoms with Gasteiger partial charge < -0.3 is 9.64 Å². The average molecular weight is 268 g/mol. The van der Waals surface area contributed by atoms with Crippen molar-refractivity contribution in [1.29, 1.82) is 0 Å². The average Bonchev–Trinajstić information content (AvgIpc) is 2.36. The van der Waals surface area contributed by atoms with Crippen LogP contribution in [0.15, 0.2) is 0 Å². The molecule has 1 amide bonds. The third kappa shape index (κ3) is 4.46. The number of nitrogens with zero attached hydrogens (tertiary/aromatic N) is 2. The summed E-state index contributed by atoms with van der Waals surface area (Å²) < 4.78 is 5.76. The van der Waals surface area contributed by atoms with Gasteiger partial charge in [-0.2, -0.15) is 0 Å². The number of morpholine rings is 1. The summed E-state index contributed by atoms with van der Waals surface area (Å²) in [4.78, 5) is 15.8. The number of carbonyl (C=O) groups excluding carboxylic acids is 1. The standard InChI is InChI=1S/C15H28N2O2/c1-12-10-16(11-13(2)19-12)7-4-15-5-8-17(9-6-15)14(3)18/h12-13,15H,4-11H2,1-3H3. The van der Waals surface area contributed by atoms with E-state index in [2.05, 4.69) is 18.7 Å². The maximum absolute atomic E-state index is 11.3. The smallest absolute Gasteiger partial charge is 0.219 e. The van der Waals surface area contributed by atoms with Gasteiger partial charge in [-0.1, -0.05) is 0 Å². The topological polar surface area (TPSA) is 32.8 Å². The summed E-state index contributed by atoms with van der Waals surface area (Å²) in [5.41, 5.74) is 0. The quantitative estimate of drug-likeness (QED) is 0.781. The number of likely N-dealkylation sites (tertiary alicyclic amines) is 1. The van der Waals surface area contributed by atoms with Gasteiger partial charge in [-0.25, -0.2) is 0 Å². The Hall–Kier alpha value is -0.610. The zero-order chi connectivity index (χ0) is 13.8. The van der Waals surface area contributed by atoms with Crippen LogP contribution in [0, 0.1) is 5.92 Å². The lowest BCUT2D eigenvalue weighted by Gasteiger charge is -2.37. The molecule has 0 saturated carbocycles. The maximum atomic E-state index is 11.3. The molecule has 4 heteroatoms. The third-order valence-electron chi connectivity index (χ3n) is 4.41. The molecule has 2 fully saturated rings. The second-order valence-corrected chi connectivity index (χ2v) is 6.26. The van der Waals surface area contributed by atoms with E-state index in [-0.39, 0.29) is 5.91 Å². The van der Waals surface area contributed by atoms with Crippen molar-refractivity contribution in [3.8, 4) is 0 Å². The molecule has 2 unspecified atom stereocenters. The number of ether oxygens (including phenoxy) is 1. The Morgan fingerprint density at radius 1 is 1.16 bits per heavy atom. The van der Waals surface area contributed by atoms with Gasteiger partial charge in [-0.05, 0) is 45.6 Å². The van der Waals surface area contributed by atoms with Crippen LogP contribution in [-0.2, 0) is 9.53 Å². The van der Waals surface area contributed by atoms with Crippen molar-refractivity contribution in [1.82, 2.24) is 9.80 Å². The maximum Gasteiger partial charge on any atom is 0.219 e. The number of rotatable bonds is 3. The van der Waals surface area contributed by atoms with Crippen LogP contribution in [0.4, 0.5) is 0 Å². The van der Waals surface area contributed by atoms with Crippen molar-refractivity contribution in [2.45, 2.75) is 52.2 Å². The molecule has 0 N–H and O–H groups in total. The summed E-state index contributed by atoms with van der Waals surface area (Å²) in [6.45, 7) is 11.2. The van der Waals surface area contributed by atoms with Gasteiger partial charge in [-0.15, -0.1) is 0 Å². The SMILES string of the molecule is CC(=O)N1CCC(CCN2CC(C)OC(C)C2)CC1. The second kappa shape index (κ2) is 6.71. The molecule has 110 valence electrons. The highest BCUT2D eigenvalue weighted by Gasteiger charge is 2.24. The fraction of sp³-hybridized carbons (Fsp3) is 0.933. The number of amides is 1. The van der Waals surface area contributed by atoms with Crippen molar-refractivity contribution < 1.29 is 9.53 Å². The molecule has 2 heterocycles. The zero-order valence-electron chi connectivity index (χ0n) is 12.6. The van der Waals surface area contributed by atoms with E-state index in [1.807, 2.05) is 4.90 Å². The molecule has 0 aliphatic carbocycles. The van der Waals surface area contributed by atoms with Gasteiger partial charge in [0.25, 0.3) is 0 Å². The van der Waals surface area contributed by atoms with Crippen molar-refractivity contribution in [3.63, 3.8) is 0 Å². The molecule has 0 bridgehead atoms. The first-order chi connectivity index (χ1) is 9.04. The number of hydrogen-bond acceptors (Lipinski definition) is 3. The van der Waals surface area contributed by atoms with Gasteiger partial charge in [0.05, 0.1) is 12.2 Å². The molecule has 0 spiro atoms. The van der Waals surface area contributed by atoms with Crippen molar-refractivity contribution in [2.75, 3.05) is 32.7 Å². The second-order valence-electron chi connectivity index (χ2n) is 6.26. The molecule has 0 aromatic heterocycles. The third-order valence-corrected chi connectivity index (χ3v) is 4.41. The van der Waals surface area contributed by atoms with Gasteiger partial charge in [0.1, 0.15) is 0 Å². The molecule has 2 aliphatic heterocycles. The lowest BCUT2D eigenvalue weighted by molar-refractivity contribution is -0.130. The lowest BCUT2D eigenvalue weighted by Crippen LogP contribution is -2.46. The van der Waals surface area contributed by atoms with Gasteiger partial charge in [-0.3, -0.25) is 9.69 Å². The highest BCUT2D eigenvalue weighted by atomic mass is 16.5. The van der Waals surface area contributed by atoms with Crippen LogP contribution in [-0.4, -0.2) is 60.6 Å². The van der Waals surface area contributed by atoms with E-state index >= 15 is 0 Å². The molecule has 0 aromatic carbocycles. The Kier molecular flexibility index (Phi) is 5.22. The van der Waals surface area contributed by atoms with Crippen LogP contribution in [0.3, 0.4) is 0 Å². The minimum absolute atomic E-state index is 0.231. The van der Waals surface area contributed by atoms with Gasteiger partial charge in [0, 0.05) is 33.1 Å². The minimum Gasteiger partial charge on any atom is -0.373 e. The Bertz CT molecular complexity index is 291. The highest BCUT2D eigenvalue weighted by Crippen LogP contribution is 2.21. The lowest BCUT2D eigenvalue weighted by atomic mass is 9.93. The largest absolute Gasteiger partial charge is 0.373 e. The van der Waals surface area contributed by atoms with E-state index in [0.29, 0.717) is 12.2 Å². The van der Waals surface area contributed by atoms with Crippen molar-refractivity contribution in [2.24, 2.45) is 5.92 Å².